The fraction of sp³-hybridized carbons (Fsp3) is 0.636. The first-order valence-corrected chi connectivity index (χ1v) is 10.5. The number of fused-ring (bicyclic) bond motifs is 1. The van der Waals surface area contributed by atoms with E-state index in [1.54, 1.807) is 0 Å². The minimum Gasteiger partial charge on any atom is -0.334 e. The molecule has 6 nitrogen and oxygen atoms in total. The highest BCUT2D eigenvalue weighted by molar-refractivity contribution is 5.76. The van der Waals surface area contributed by atoms with Crippen molar-refractivity contribution < 1.29 is 9.63 Å². The van der Waals surface area contributed by atoms with Crippen LogP contribution in [0.2, 0.25) is 0 Å². The van der Waals surface area contributed by atoms with Gasteiger partial charge in [0.1, 0.15) is 0 Å². The van der Waals surface area contributed by atoms with E-state index in [2.05, 4.69) is 23.1 Å². The molecule has 0 spiro atoms. The van der Waals surface area contributed by atoms with E-state index >= 15 is 0 Å². The molecule has 3 rings (SSSR count). The summed E-state index contributed by atoms with van der Waals surface area (Å²) >= 11 is 0. The van der Waals surface area contributed by atoms with Crippen molar-refractivity contribution in [3.63, 3.8) is 0 Å². The van der Waals surface area contributed by atoms with Crippen LogP contribution in [0.15, 0.2) is 24.3 Å². The van der Waals surface area contributed by atoms with Gasteiger partial charge in [0.25, 0.3) is 0 Å². The zero-order valence-corrected chi connectivity index (χ0v) is 17.0. The monoisotopic (exact) mass is 384 g/mol. The molecule has 0 radical (unpaired) electrons. The van der Waals surface area contributed by atoms with E-state index in [0.717, 1.165) is 65.1 Å². The van der Waals surface area contributed by atoms with Crippen LogP contribution < -0.4 is 0 Å². The summed E-state index contributed by atoms with van der Waals surface area (Å²) in [5.41, 5.74) is 2.59. The van der Waals surface area contributed by atoms with E-state index in [0.29, 0.717) is 12.8 Å². The van der Waals surface area contributed by atoms with Gasteiger partial charge in [-0.25, -0.2) is 0 Å². The van der Waals surface area contributed by atoms with Crippen LogP contribution in [-0.2, 0) is 22.7 Å². The van der Waals surface area contributed by atoms with Gasteiger partial charge in [0.2, 0.25) is 5.91 Å². The Hall–Kier alpha value is -1.94. The van der Waals surface area contributed by atoms with Crippen LogP contribution in [0.3, 0.4) is 0 Å². The standard InChI is InChI=1S/C22H32N4O2/c1-19(10-11-23)28-26-15-13-24(14-16-26)12-6-2-3-9-22(27)25-17-20-7-4-5-8-21(20)18-25/h4-5,7-8,19H,2-3,6,9-10,12-18H2,1H3. The number of nitrogens with zero attached hydrogens (tertiary/aromatic N) is 4. The second-order valence-electron chi connectivity index (χ2n) is 7.88. The Labute approximate surface area is 168 Å². The minimum absolute atomic E-state index is 0.0301. The predicted molar refractivity (Wildman–Crippen MR) is 108 cm³/mol. The molecule has 0 aromatic heterocycles. The van der Waals surface area contributed by atoms with Crippen molar-refractivity contribution in [1.82, 2.24) is 14.9 Å². The van der Waals surface area contributed by atoms with Crippen LogP contribution in [0.5, 0.6) is 0 Å². The van der Waals surface area contributed by atoms with Crippen LogP contribution in [-0.4, -0.2) is 59.6 Å². The van der Waals surface area contributed by atoms with Crippen molar-refractivity contribution in [2.24, 2.45) is 0 Å². The molecule has 1 aromatic carbocycles. The van der Waals surface area contributed by atoms with Gasteiger partial charge in [0, 0.05) is 45.7 Å². The van der Waals surface area contributed by atoms with Gasteiger partial charge < -0.3 is 9.80 Å². The lowest BCUT2D eigenvalue weighted by Crippen LogP contribution is -2.47. The van der Waals surface area contributed by atoms with Gasteiger partial charge in [-0.2, -0.15) is 10.3 Å². The SMILES string of the molecule is CC(CC#N)ON1CCN(CCCCCC(=O)N2Cc3ccccc3C2)CC1. The number of hydrogen-bond acceptors (Lipinski definition) is 5. The number of piperazine rings is 1. The summed E-state index contributed by atoms with van der Waals surface area (Å²) in [4.78, 5) is 22.6. The molecule has 0 bridgehead atoms. The summed E-state index contributed by atoms with van der Waals surface area (Å²) < 4.78 is 0. The predicted octanol–water partition coefficient (Wildman–Crippen LogP) is 2.94. The van der Waals surface area contributed by atoms with Crippen LogP contribution in [0, 0.1) is 11.3 Å². The number of carbonyl (C=O) groups excluding carboxylic acids is 1. The van der Waals surface area contributed by atoms with Gasteiger partial charge in [0.05, 0.1) is 18.6 Å². The zero-order chi connectivity index (χ0) is 19.8. The Bertz CT molecular complexity index is 654. The summed E-state index contributed by atoms with van der Waals surface area (Å²) in [7, 11) is 0. The molecule has 6 heteroatoms. The minimum atomic E-state index is -0.0301. The fourth-order valence-electron chi connectivity index (χ4n) is 3.93. The molecule has 1 amide bonds. The summed E-state index contributed by atoms with van der Waals surface area (Å²) in [6, 6.07) is 10.5. The molecule has 2 aliphatic rings. The molecule has 1 aromatic rings. The van der Waals surface area contributed by atoms with Crippen molar-refractivity contribution in [3.05, 3.63) is 35.4 Å². The van der Waals surface area contributed by atoms with Gasteiger partial charge in [-0.05, 0) is 37.4 Å². The number of hydroxylamine groups is 2. The first-order valence-electron chi connectivity index (χ1n) is 10.5. The molecule has 1 fully saturated rings. The average Bonchev–Trinajstić information content (AvgIpc) is 3.13. The Morgan fingerprint density at radius 2 is 1.79 bits per heavy atom. The second-order valence-corrected chi connectivity index (χ2v) is 7.88. The molecule has 1 saturated heterocycles. The highest BCUT2D eigenvalue weighted by atomic mass is 16.7. The van der Waals surface area contributed by atoms with Crippen molar-refractivity contribution in [1.29, 1.82) is 5.26 Å². The van der Waals surface area contributed by atoms with Crippen molar-refractivity contribution in [3.8, 4) is 6.07 Å². The molecule has 1 unspecified atom stereocenters. The quantitative estimate of drug-likeness (QED) is 0.613. The molecular formula is C22H32N4O2. The highest BCUT2D eigenvalue weighted by Crippen LogP contribution is 2.23. The van der Waals surface area contributed by atoms with E-state index in [9.17, 15) is 4.79 Å². The fourth-order valence-corrected chi connectivity index (χ4v) is 3.93. The van der Waals surface area contributed by atoms with Crippen molar-refractivity contribution >= 4 is 5.91 Å². The Kier molecular flexibility index (Phi) is 7.84. The number of carbonyl (C=O) groups is 1. The van der Waals surface area contributed by atoms with E-state index in [-0.39, 0.29) is 12.0 Å². The van der Waals surface area contributed by atoms with Gasteiger partial charge in [-0.15, -0.1) is 0 Å². The molecule has 1 atom stereocenters. The molecule has 0 aliphatic carbocycles. The first-order chi connectivity index (χ1) is 13.7. The lowest BCUT2D eigenvalue weighted by molar-refractivity contribution is -0.205. The summed E-state index contributed by atoms with van der Waals surface area (Å²) in [5.74, 6) is 0.286. The van der Waals surface area contributed by atoms with Gasteiger partial charge in [-0.3, -0.25) is 9.63 Å². The van der Waals surface area contributed by atoms with Crippen LogP contribution in [0.1, 0.15) is 50.2 Å². The van der Waals surface area contributed by atoms with Crippen LogP contribution in [0.4, 0.5) is 0 Å². The van der Waals surface area contributed by atoms with Crippen molar-refractivity contribution in [2.75, 3.05) is 32.7 Å². The van der Waals surface area contributed by atoms with E-state index < -0.39 is 0 Å². The number of nitriles is 1. The van der Waals surface area contributed by atoms with Crippen LogP contribution in [0.25, 0.3) is 0 Å². The summed E-state index contributed by atoms with van der Waals surface area (Å²) in [6.45, 7) is 8.37. The molecule has 0 N–H and O–H groups in total. The number of unbranched alkanes of at least 4 members (excludes halogenated alkanes) is 2. The number of hydrogen-bond donors (Lipinski definition) is 0. The largest absolute Gasteiger partial charge is 0.334 e. The average molecular weight is 385 g/mol. The molecule has 152 valence electrons. The topological polar surface area (TPSA) is 59.8 Å². The Morgan fingerprint density at radius 1 is 1.11 bits per heavy atom. The summed E-state index contributed by atoms with van der Waals surface area (Å²) in [6.07, 6.45) is 4.27. The third-order valence-electron chi connectivity index (χ3n) is 5.60. The number of amides is 1. The third kappa shape index (κ3) is 6.03. The lowest BCUT2D eigenvalue weighted by atomic mass is 10.1. The number of rotatable bonds is 9. The van der Waals surface area contributed by atoms with E-state index in [1.165, 1.54) is 11.1 Å². The van der Waals surface area contributed by atoms with Crippen molar-refractivity contribution in [2.45, 2.75) is 58.2 Å². The van der Waals surface area contributed by atoms with Gasteiger partial charge in [-0.1, -0.05) is 30.7 Å². The third-order valence-corrected chi connectivity index (χ3v) is 5.60. The smallest absolute Gasteiger partial charge is 0.223 e. The molecule has 2 heterocycles. The normalized spacial score (nSPS) is 18.6. The molecule has 28 heavy (non-hydrogen) atoms. The zero-order valence-electron chi connectivity index (χ0n) is 17.0. The summed E-state index contributed by atoms with van der Waals surface area (Å²) in [5, 5.41) is 10.7. The molecule has 0 saturated carbocycles. The maximum atomic E-state index is 12.4. The van der Waals surface area contributed by atoms with Gasteiger partial charge >= 0.3 is 0 Å². The second kappa shape index (κ2) is 10.6. The van der Waals surface area contributed by atoms with E-state index in [1.807, 2.05) is 29.0 Å². The first kappa shape index (κ1) is 20.8. The maximum absolute atomic E-state index is 12.4. The molecule has 2 aliphatic heterocycles. The van der Waals surface area contributed by atoms with Crippen LogP contribution >= 0.6 is 0 Å². The van der Waals surface area contributed by atoms with E-state index in [4.69, 9.17) is 10.1 Å². The number of benzene rings is 1. The highest BCUT2D eigenvalue weighted by Gasteiger charge is 2.22. The Morgan fingerprint density at radius 3 is 2.43 bits per heavy atom. The lowest BCUT2D eigenvalue weighted by Gasteiger charge is -2.35. The molecular weight excluding hydrogens is 352 g/mol. The Balaban J connectivity index is 1.23. The maximum Gasteiger partial charge on any atom is 0.223 e. The van der Waals surface area contributed by atoms with Gasteiger partial charge in [0.15, 0.2) is 0 Å².